The summed E-state index contributed by atoms with van der Waals surface area (Å²) in [5, 5.41) is 5.73. The van der Waals surface area contributed by atoms with Gasteiger partial charge in [-0.2, -0.15) is 0 Å². The molecule has 0 unspecified atom stereocenters. The normalized spacial score (nSPS) is 11.8. The van der Waals surface area contributed by atoms with E-state index < -0.39 is 11.3 Å². The van der Waals surface area contributed by atoms with Gasteiger partial charge in [0.1, 0.15) is 0 Å². The standard InChI is InChI=1S/C13H15Br3N2O3S2/c1-9(22)17-6-3-7-18-12(19)10-4-2-5-11(8-10)23(20,21)13(14,15)16/h2,4-5,8H,3,6-7H2,1H3,(H,17,22)(H,18,19). The van der Waals surface area contributed by atoms with Crippen LogP contribution in [0.1, 0.15) is 23.7 Å². The fourth-order valence-corrected chi connectivity index (χ4v) is 4.19. The van der Waals surface area contributed by atoms with Crippen molar-refractivity contribution in [1.82, 2.24) is 10.6 Å². The van der Waals surface area contributed by atoms with E-state index in [4.69, 9.17) is 12.2 Å². The van der Waals surface area contributed by atoms with Gasteiger partial charge in [-0.1, -0.05) is 18.3 Å². The Balaban J connectivity index is 2.74. The summed E-state index contributed by atoms with van der Waals surface area (Å²) >= 11 is 13.9. The van der Waals surface area contributed by atoms with E-state index >= 15 is 0 Å². The number of nitrogens with one attached hydrogen (secondary N) is 2. The first-order valence-corrected chi connectivity index (χ1v) is 10.8. The van der Waals surface area contributed by atoms with Crippen molar-refractivity contribution in [2.75, 3.05) is 13.1 Å². The molecule has 0 aliphatic carbocycles. The van der Waals surface area contributed by atoms with Crippen LogP contribution in [0.15, 0.2) is 29.2 Å². The highest BCUT2D eigenvalue weighted by atomic mass is 80.0. The molecule has 0 aromatic heterocycles. The number of benzene rings is 1. The van der Waals surface area contributed by atoms with Crippen LogP contribution in [-0.4, -0.2) is 33.9 Å². The lowest BCUT2D eigenvalue weighted by Crippen LogP contribution is -2.28. The Labute approximate surface area is 166 Å². The van der Waals surface area contributed by atoms with Crippen LogP contribution in [0.4, 0.5) is 0 Å². The van der Waals surface area contributed by atoms with Gasteiger partial charge in [0, 0.05) is 18.7 Å². The van der Waals surface area contributed by atoms with Crippen LogP contribution < -0.4 is 10.6 Å². The fraction of sp³-hybridized carbons (Fsp3) is 0.385. The Morgan fingerprint density at radius 3 is 2.39 bits per heavy atom. The zero-order valence-corrected chi connectivity index (χ0v) is 18.5. The Hall–Kier alpha value is -0.0300. The molecule has 1 rings (SSSR count). The van der Waals surface area contributed by atoms with Crippen molar-refractivity contribution in [2.45, 2.75) is 19.7 Å². The zero-order chi connectivity index (χ0) is 17.7. The SMILES string of the molecule is CC(=S)NCCCNC(=O)c1cccc(S(=O)(=O)C(Br)(Br)Br)c1. The van der Waals surface area contributed by atoms with Crippen molar-refractivity contribution in [3.8, 4) is 0 Å². The van der Waals surface area contributed by atoms with Crippen LogP contribution in [0.5, 0.6) is 0 Å². The summed E-state index contributed by atoms with van der Waals surface area (Å²) in [6.45, 7) is 2.92. The second-order valence-corrected chi connectivity index (χ2v) is 15.6. The molecule has 23 heavy (non-hydrogen) atoms. The number of amides is 1. The van der Waals surface area contributed by atoms with Crippen LogP contribution >= 0.6 is 60.0 Å². The monoisotopic (exact) mass is 548 g/mol. The van der Waals surface area contributed by atoms with Gasteiger partial charge in [0.25, 0.3) is 5.91 Å². The zero-order valence-electron chi connectivity index (χ0n) is 12.1. The lowest BCUT2D eigenvalue weighted by Gasteiger charge is -2.14. The molecule has 0 heterocycles. The third-order valence-corrected chi connectivity index (χ3v) is 8.19. The van der Waals surface area contributed by atoms with Gasteiger partial charge in [-0.3, -0.25) is 4.79 Å². The van der Waals surface area contributed by atoms with E-state index in [9.17, 15) is 13.2 Å². The molecule has 1 amide bonds. The van der Waals surface area contributed by atoms with Gasteiger partial charge < -0.3 is 10.6 Å². The minimum Gasteiger partial charge on any atom is -0.380 e. The lowest BCUT2D eigenvalue weighted by molar-refractivity contribution is 0.0953. The van der Waals surface area contributed by atoms with Gasteiger partial charge in [-0.15, -0.1) is 0 Å². The maximum absolute atomic E-state index is 12.3. The van der Waals surface area contributed by atoms with Crippen molar-refractivity contribution >= 4 is 80.7 Å². The minimum absolute atomic E-state index is 0.0220. The van der Waals surface area contributed by atoms with Crippen LogP contribution in [0, 0.1) is 0 Å². The maximum Gasteiger partial charge on any atom is 0.251 e. The summed E-state index contributed by atoms with van der Waals surface area (Å²) < 4.78 is 23.1. The third kappa shape index (κ3) is 6.41. The second kappa shape index (κ2) is 8.89. The van der Waals surface area contributed by atoms with Gasteiger partial charge in [0.05, 0.1) is 9.88 Å². The third-order valence-electron chi connectivity index (χ3n) is 2.72. The van der Waals surface area contributed by atoms with Crippen molar-refractivity contribution in [1.29, 1.82) is 0 Å². The van der Waals surface area contributed by atoms with E-state index in [1.54, 1.807) is 13.0 Å². The molecule has 5 nitrogen and oxygen atoms in total. The molecular weight excluding hydrogens is 536 g/mol. The molecule has 2 N–H and O–H groups in total. The first kappa shape index (κ1) is 21.0. The quantitative estimate of drug-likeness (QED) is 0.323. The molecule has 0 saturated heterocycles. The average Bonchev–Trinajstić information content (AvgIpc) is 2.45. The number of sulfone groups is 1. The summed E-state index contributed by atoms with van der Waals surface area (Å²) in [5.41, 5.74) is 0.279. The molecule has 0 fully saturated rings. The summed E-state index contributed by atoms with van der Waals surface area (Å²) in [4.78, 5) is 12.8. The van der Waals surface area contributed by atoms with E-state index in [0.717, 1.165) is 0 Å². The number of alkyl halides is 3. The Morgan fingerprint density at radius 1 is 1.22 bits per heavy atom. The smallest absolute Gasteiger partial charge is 0.251 e. The van der Waals surface area contributed by atoms with E-state index in [0.29, 0.717) is 24.5 Å². The summed E-state index contributed by atoms with van der Waals surface area (Å²) in [5.74, 6) is -0.328. The molecule has 0 saturated carbocycles. The molecule has 0 radical (unpaired) electrons. The van der Waals surface area contributed by atoms with Gasteiger partial charge >= 0.3 is 0 Å². The number of carbonyl (C=O) groups is 1. The Bertz CT molecular complexity index is 688. The van der Waals surface area contributed by atoms with Gasteiger partial charge in [-0.25, -0.2) is 8.42 Å². The minimum atomic E-state index is -3.73. The summed E-state index contributed by atoms with van der Waals surface area (Å²) in [6.07, 6.45) is 0.713. The van der Waals surface area contributed by atoms with Crippen molar-refractivity contribution in [3.05, 3.63) is 29.8 Å². The Morgan fingerprint density at radius 2 is 1.83 bits per heavy atom. The molecule has 128 valence electrons. The summed E-state index contributed by atoms with van der Waals surface area (Å²) in [7, 11) is -3.73. The number of thiocarbonyl (C=S) groups is 1. The molecule has 1 aromatic rings. The van der Waals surface area contributed by atoms with E-state index in [-0.39, 0.29) is 16.4 Å². The topological polar surface area (TPSA) is 75.3 Å². The molecule has 10 heteroatoms. The number of carbonyl (C=O) groups excluding carboxylic acids is 1. The van der Waals surface area contributed by atoms with Crippen LogP contribution in [0.2, 0.25) is 0 Å². The first-order valence-electron chi connectivity index (χ1n) is 6.50. The van der Waals surface area contributed by atoms with E-state index in [1.807, 2.05) is 0 Å². The van der Waals surface area contributed by atoms with Crippen LogP contribution in [0.3, 0.4) is 0 Å². The number of halogens is 3. The maximum atomic E-state index is 12.3. The van der Waals surface area contributed by atoms with Crippen LogP contribution in [-0.2, 0) is 9.84 Å². The van der Waals surface area contributed by atoms with Crippen molar-refractivity contribution in [3.63, 3.8) is 0 Å². The van der Waals surface area contributed by atoms with E-state index in [2.05, 4.69) is 58.4 Å². The largest absolute Gasteiger partial charge is 0.380 e. The first-order chi connectivity index (χ1) is 10.6. The highest BCUT2D eigenvalue weighted by molar-refractivity contribution is 9.42. The second-order valence-electron chi connectivity index (χ2n) is 4.57. The fourth-order valence-electron chi connectivity index (χ4n) is 1.59. The predicted molar refractivity (Wildman–Crippen MR) is 106 cm³/mol. The van der Waals surface area contributed by atoms with Crippen LogP contribution in [0.25, 0.3) is 0 Å². The van der Waals surface area contributed by atoms with Gasteiger partial charge in [-0.05, 0) is 79.3 Å². The number of hydrogen-bond donors (Lipinski definition) is 2. The molecule has 0 aliphatic heterocycles. The van der Waals surface area contributed by atoms with Gasteiger partial charge in [0.2, 0.25) is 11.3 Å². The molecule has 1 aromatic carbocycles. The van der Waals surface area contributed by atoms with Crippen molar-refractivity contribution < 1.29 is 13.2 Å². The van der Waals surface area contributed by atoms with E-state index in [1.165, 1.54) is 18.2 Å². The molecular formula is C13H15Br3N2O3S2. The van der Waals surface area contributed by atoms with Gasteiger partial charge in [0.15, 0.2) is 0 Å². The average molecular weight is 551 g/mol. The number of rotatable bonds is 6. The lowest BCUT2D eigenvalue weighted by atomic mass is 10.2. The molecule has 0 aliphatic rings. The number of hydrogen-bond acceptors (Lipinski definition) is 4. The van der Waals surface area contributed by atoms with Crippen molar-refractivity contribution in [2.24, 2.45) is 0 Å². The molecule has 0 atom stereocenters. The highest BCUT2D eigenvalue weighted by Gasteiger charge is 2.37. The molecule has 0 spiro atoms. The molecule has 0 bridgehead atoms. The predicted octanol–water partition coefficient (Wildman–Crippen LogP) is 3.31. The summed E-state index contributed by atoms with van der Waals surface area (Å²) in [6, 6.07) is 5.85. The Kier molecular flexibility index (Phi) is 8.12. The highest BCUT2D eigenvalue weighted by Crippen LogP contribution is 2.43.